The van der Waals surface area contributed by atoms with Gasteiger partial charge in [0.15, 0.2) is 5.67 Å². The Labute approximate surface area is 88.9 Å². The van der Waals surface area contributed by atoms with Crippen molar-refractivity contribution < 1.29 is 18.7 Å². The predicted octanol–water partition coefficient (Wildman–Crippen LogP) is 0.784. The molecule has 1 fully saturated rings. The quantitative estimate of drug-likeness (QED) is 0.713. The second-order valence-corrected chi connectivity index (χ2v) is 4.99. The molecule has 0 aromatic rings. The van der Waals surface area contributed by atoms with Gasteiger partial charge in [-0.05, 0) is 20.8 Å². The largest absolute Gasteiger partial charge is 0.459 e. The van der Waals surface area contributed by atoms with Crippen LogP contribution in [0.5, 0.6) is 0 Å². The van der Waals surface area contributed by atoms with Crippen LogP contribution in [0, 0.1) is 0 Å². The summed E-state index contributed by atoms with van der Waals surface area (Å²) in [6.07, 6.45) is -0.0398. The minimum absolute atomic E-state index is 0.0174. The van der Waals surface area contributed by atoms with Gasteiger partial charge in [0.05, 0.1) is 13.2 Å². The summed E-state index contributed by atoms with van der Waals surface area (Å²) in [7, 11) is 0. The fourth-order valence-electron chi connectivity index (χ4n) is 1.30. The highest BCUT2D eigenvalue weighted by atomic mass is 19.1. The first kappa shape index (κ1) is 12.4. The number of carbonyl (C=O) groups is 1. The molecule has 1 heterocycles. The molecule has 5 heteroatoms. The molecular weight excluding hydrogens is 201 g/mol. The van der Waals surface area contributed by atoms with Crippen molar-refractivity contribution in [3.8, 4) is 0 Å². The van der Waals surface area contributed by atoms with E-state index in [1.54, 1.807) is 20.8 Å². The molecule has 0 amide bonds. The highest BCUT2D eigenvalue weighted by Gasteiger charge is 2.42. The number of hydrogen-bond donors (Lipinski definition) is 1. The predicted molar refractivity (Wildman–Crippen MR) is 53.1 cm³/mol. The van der Waals surface area contributed by atoms with Gasteiger partial charge in [0.2, 0.25) is 0 Å². The molecule has 1 aliphatic rings. The van der Waals surface area contributed by atoms with Gasteiger partial charge in [-0.25, -0.2) is 4.39 Å². The third-order valence-electron chi connectivity index (χ3n) is 2.02. The van der Waals surface area contributed by atoms with Crippen molar-refractivity contribution in [2.75, 3.05) is 13.2 Å². The third-order valence-corrected chi connectivity index (χ3v) is 2.02. The molecule has 2 N–H and O–H groups in total. The van der Waals surface area contributed by atoms with Crippen LogP contribution >= 0.6 is 0 Å². The maximum Gasteiger partial charge on any atom is 0.323 e. The highest BCUT2D eigenvalue weighted by Crippen LogP contribution is 2.27. The van der Waals surface area contributed by atoms with Crippen molar-refractivity contribution in [2.45, 2.75) is 44.5 Å². The van der Waals surface area contributed by atoms with Gasteiger partial charge in [-0.3, -0.25) is 4.79 Å². The van der Waals surface area contributed by atoms with Crippen molar-refractivity contribution in [1.82, 2.24) is 0 Å². The molecule has 1 aliphatic heterocycles. The van der Waals surface area contributed by atoms with E-state index >= 15 is 0 Å². The van der Waals surface area contributed by atoms with Gasteiger partial charge < -0.3 is 15.2 Å². The lowest BCUT2D eigenvalue weighted by Crippen LogP contribution is -2.51. The number of carbonyl (C=O) groups excluding carboxylic acids is 1. The molecule has 0 aromatic heterocycles. The summed E-state index contributed by atoms with van der Waals surface area (Å²) < 4.78 is 23.3. The number of ether oxygens (including phenoxy) is 2. The molecule has 0 spiro atoms. The topological polar surface area (TPSA) is 61.5 Å². The minimum atomic E-state index is -1.45. The van der Waals surface area contributed by atoms with Crippen molar-refractivity contribution in [3.63, 3.8) is 0 Å². The zero-order valence-corrected chi connectivity index (χ0v) is 9.38. The summed E-state index contributed by atoms with van der Waals surface area (Å²) in [6, 6.07) is -0.918. The first-order valence-corrected chi connectivity index (χ1v) is 4.97. The number of halogens is 1. The second kappa shape index (κ2) is 4.06. The van der Waals surface area contributed by atoms with Gasteiger partial charge in [0.1, 0.15) is 11.6 Å². The first-order chi connectivity index (χ1) is 6.72. The lowest BCUT2D eigenvalue weighted by atomic mass is 9.95. The molecule has 1 unspecified atom stereocenters. The lowest BCUT2D eigenvalue weighted by Gasteiger charge is -2.35. The monoisotopic (exact) mass is 219 g/mol. The Balaban J connectivity index is 2.39. The van der Waals surface area contributed by atoms with E-state index in [4.69, 9.17) is 15.2 Å². The molecule has 0 radical (unpaired) electrons. The van der Waals surface area contributed by atoms with Crippen LogP contribution in [-0.2, 0) is 14.3 Å². The smallest absolute Gasteiger partial charge is 0.323 e. The Kier molecular flexibility index (Phi) is 3.35. The molecule has 15 heavy (non-hydrogen) atoms. The maximum absolute atomic E-state index is 13.5. The molecule has 1 saturated heterocycles. The van der Waals surface area contributed by atoms with E-state index in [9.17, 15) is 9.18 Å². The van der Waals surface area contributed by atoms with Crippen molar-refractivity contribution >= 4 is 5.97 Å². The highest BCUT2D eigenvalue weighted by molar-refractivity contribution is 5.76. The summed E-state index contributed by atoms with van der Waals surface area (Å²) in [5.74, 6) is -0.563. The van der Waals surface area contributed by atoms with Crippen LogP contribution < -0.4 is 5.73 Å². The number of hydrogen-bond acceptors (Lipinski definition) is 4. The van der Waals surface area contributed by atoms with Gasteiger partial charge in [0, 0.05) is 6.42 Å². The molecule has 0 aliphatic carbocycles. The fraction of sp³-hybridized carbons (Fsp3) is 0.900. The minimum Gasteiger partial charge on any atom is -0.459 e. The lowest BCUT2D eigenvalue weighted by molar-refractivity contribution is -0.164. The SMILES string of the molecule is CC(C)(C)OC(=O)C(N)CC1(F)COC1. The summed E-state index contributed by atoms with van der Waals surface area (Å²) in [5.41, 5.74) is 3.51. The van der Waals surface area contributed by atoms with E-state index in [1.165, 1.54) is 0 Å². The number of esters is 1. The van der Waals surface area contributed by atoms with Crippen molar-refractivity contribution in [1.29, 1.82) is 0 Å². The van der Waals surface area contributed by atoms with Crippen LogP contribution in [0.15, 0.2) is 0 Å². The Bertz CT molecular complexity index is 246. The van der Waals surface area contributed by atoms with Gasteiger partial charge in [-0.1, -0.05) is 0 Å². The van der Waals surface area contributed by atoms with Crippen LogP contribution in [0.4, 0.5) is 4.39 Å². The normalized spacial score (nSPS) is 21.7. The molecule has 1 atom stereocenters. The van der Waals surface area contributed by atoms with Crippen LogP contribution in [0.2, 0.25) is 0 Å². The van der Waals surface area contributed by atoms with E-state index in [1.807, 2.05) is 0 Å². The molecule has 1 rings (SSSR count). The van der Waals surface area contributed by atoms with Gasteiger partial charge >= 0.3 is 5.97 Å². The fourth-order valence-corrected chi connectivity index (χ4v) is 1.30. The van der Waals surface area contributed by atoms with Crippen molar-refractivity contribution in [2.24, 2.45) is 5.73 Å². The van der Waals surface area contributed by atoms with Crippen LogP contribution in [0.1, 0.15) is 27.2 Å². The van der Waals surface area contributed by atoms with E-state index in [2.05, 4.69) is 0 Å². The average molecular weight is 219 g/mol. The van der Waals surface area contributed by atoms with E-state index in [0.717, 1.165) is 0 Å². The Hall–Kier alpha value is -0.680. The van der Waals surface area contributed by atoms with E-state index in [0.29, 0.717) is 0 Å². The zero-order valence-electron chi connectivity index (χ0n) is 9.38. The van der Waals surface area contributed by atoms with Crippen molar-refractivity contribution in [3.05, 3.63) is 0 Å². The number of rotatable bonds is 3. The third kappa shape index (κ3) is 3.76. The molecule has 0 saturated carbocycles. The molecule has 88 valence electrons. The number of nitrogens with two attached hydrogens (primary N) is 1. The summed E-state index contributed by atoms with van der Waals surface area (Å²) >= 11 is 0. The van der Waals surface area contributed by atoms with Gasteiger partial charge in [-0.2, -0.15) is 0 Å². The van der Waals surface area contributed by atoms with Crippen LogP contribution in [0.25, 0.3) is 0 Å². The average Bonchev–Trinajstić information content (AvgIpc) is 1.98. The van der Waals surface area contributed by atoms with Gasteiger partial charge in [0.25, 0.3) is 0 Å². The Morgan fingerprint density at radius 3 is 2.47 bits per heavy atom. The Morgan fingerprint density at radius 2 is 2.13 bits per heavy atom. The summed E-state index contributed by atoms with van der Waals surface area (Å²) in [5, 5.41) is 0. The number of alkyl halides is 1. The molecular formula is C10H18FNO3. The maximum atomic E-state index is 13.5. The standard InChI is InChI=1S/C10H18FNO3/c1-9(2,3)15-8(13)7(12)4-10(11)5-14-6-10/h7H,4-6,12H2,1-3H3. The first-order valence-electron chi connectivity index (χ1n) is 4.97. The molecule has 0 bridgehead atoms. The Morgan fingerprint density at radius 1 is 1.60 bits per heavy atom. The van der Waals surface area contributed by atoms with E-state index < -0.39 is 23.3 Å². The zero-order chi connectivity index (χ0) is 11.7. The molecule has 4 nitrogen and oxygen atoms in total. The summed E-state index contributed by atoms with van der Waals surface area (Å²) in [4.78, 5) is 11.4. The van der Waals surface area contributed by atoms with Gasteiger partial charge in [-0.15, -0.1) is 0 Å². The molecule has 0 aromatic carbocycles. The van der Waals surface area contributed by atoms with Crippen LogP contribution in [-0.4, -0.2) is 36.5 Å². The second-order valence-electron chi connectivity index (χ2n) is 4.99. The van der Waals surface area contributed by atoms with Crippen LogP contribution in [0.3, 0.4) is 0 Å². The summed E-state index contributed by atoms with van der Waals surface area (Å²) in [6.45, 7) is 5.27. The van der Waals surface area contributed by atoms with E-state index in [-0.39, 0.29) is 19.6 Å².